The van der Waals surface area contributed by atoms with Crippen LogP contribution in [0.5, 0.6) is 0 Å². The minimum atomic E-state index is -0.322. The molecule has 5 heteroatoms. The summed E-state index contributed by atoms with van der Waals surface area (Å²) in [6.07, 6.45) is 1.70. The van der Waals surface area contributed by atoms with Gasteiger partial charge in [0, 0.05) is 20.3 Å². The first-order valence-electron chi connectivity index (χ1n) is 7.38. The van der Waals surface area contributed by atoms with E-state index in [4.69, 9.17) is 9.47 Å². The molecule has 0 spiro atoms. The molecule has 0 bridgehead atoms. The van der Waals surface area contributed by atoms with E-state index in [-0.39, 0.29) is 36.4 Å². The summed E-state index contributed by atoms with van der Waals surface area (Å²) >= 11 is 0. The van der Waals surface area contributed by atoms with Crippen LogP contribution < -0.4 is 0 Å². The number of nitrogens with zero attached hydrogens (tertiary/aromatic N) is 1. The summed E-state index contributed by atoms with van der Waals surface area (Å²) in [6, 6.07) is 6.50. The number of rotatable bonds is 3. The maximum absolute atomic E-state index is 13.7. The van der Waals surface area contributed by atoms with E-state index >= 15 is 0 Å². The smallest absolute Gasteiger partial charge is 0.227 e. The Labute approximate surface area is 123 Å². The first-order chi connectivity index (χ1) is 10.2. The van der Waals surface area contributed by atoms with Gasteiger partial charge in [-0.1, -0.05) is 18.2 Å². The van der Waals surface area contributed by atoms with Crippen molar-refractivity contribution in [2.75, 3.05) is 20.3 Å². The molecule has 0 saturated carbocycles. The lowest BCUT2D eigenvalue weighted by Crippen LogP contribution is -2.55. The van der Waals surface area contributed by atoms with E-state index in [0.717, 1.165) is 12.8 Å². The summed E-state index contributed by atoms with van der Waals surface area (Å²) in [6.45, 7) is 1.30. The van der Waals surface area contributed by atoms with Gasteiger partial charge in [-0.2, -0.15) is 0 Å². The molecule has 3 rings (SSSR count). The molecule has 1 amide bonds. The number of piperidine rings is 1. The third kappa shape index (κ3) is 2.80. The van der Waals surface area contributed by atoms with Crippen LogP contribution in [0.2, 0.25) is 0 Å². The van der Waals surface area contributed by atoms with Gasteiger partial charge in [0.15, 0.2) is 0 Å². The molecule has 4 nitrogen and oxygen atoms in total. The highest BCUT2D eigenvalue weighted by Crippen LogP contribution is 2.30. The van der Waals surface area contributed by atoms with Crippen LogP contribution in [0.1, 0.15) is 18.4 Å². The lowest BCUT2D eigenvalue weighted by Gasteiger charge is -2.40. The molecule has 2 fully saturated rings. The topological polar surface area (TPSA) is 38.8 Å². The molecule has 0 aromatic heterocycles. The summed E-state index contributed by atoms with van der Waals surface area (Å²) in [5.74, 6) is -0.355. The lowest BCUT2D eigenvalue weighted by atomic mass is 9.95. The summed E-state index contributed by atoms with van der Waals surface area (Å²) in [5, 5.41) is 0. The molecule has 3 atom stereocenters. The third-order valence-corrected chi connectivity index (χ3v) is 4.45. The zero-order chi connectivity index (χ0) is 14.8. The Morgan fingerprint density at radius 2 is 2.24 bits per heavy atom. The van der Waals surface area contributed by atoms with E-state index in [1.165, 1.54) is 6.07 Å². The van der Waals surface area contributed by atoms with Gasteiger partial charge >= 0.3 is 0 Å². The number of ether oxygens (including phenoxy) is 2. The number of hydrogen-bond donors (Lipinski definition) is 0. The van der Waals surface area contributed by atoms with Crippen LogP contribution in [-0.4, -0.2) is 49.3 Å². The number of benzene rings is 1. The second kappa shape index (κ2) is 6.12. The van der Waals surface area contributed by atoms with E-state index in [0.29, 0.717) is 18.7 Å². The molecule has 0 radical (unpaired) electrons. The minimum Gasteiger partial charge on any atom is -0.379 e. The predicted octanol–water partition coefficient (Wildman–Crippen LogP) is 1.77. The van der Waals surface area contributed by atoms with Crippen molar-refractivity contribution in [1.82, 2.24) is 4.90 Å². The average molecular weight is 293 g/mol. The third-order valence-electron chi connectivity index (χ3n) is 4.45. The van der Waals surface area contributed by atoms with Gasteiger partial charge in [0.25, 0.3) is 0 Å². The molecule has 2 aliphatic heterocycles. The van der Waals surface area contributed by atoms with Gasteiger partial charge in [0.1, 0.15) is 11.9 Å². The number of likely N-dealkylation sites (tertiary alicyclic amines) is 1. The Kier molecular flexibility index (Phi) is 4.22. The molecule has 114 valence electrons. The molecular formula is C16H20FNO3. The highest BCUT2D eigenvalue weighted by atomic mass is 19.1. The zero-order valence-electron chi connectivity index (χ0n) is 12.1. The van der Waals surface area contributed by atoms with E-state index < -0.39 is 0 Å². The molecule has 0 aliphatic carbocycles. The second-order valence-electron chi connectivity index (χ2n) is 5.61. The Morgan fingerprint density at radius 3 is 3.00 bits per heavy atom. The fraction of sp³-hybridized carbons (Fsp3) is 0.562. The van der Waals surface area contributed by atoms with Crippen LogP contribution in [0.15, 0.2) is 24.3 Å². The Balaban J connectivity index is 1.72. The van der Waals surface area contributed by atoms with E-state index in [1.54, 1.807) is 25.3 Å². The molecule has 2 saturated heterocycles. The van der Waals surface area contributed by atoms with Crippen LogP contribution in [-0.2, 0) is 20.7 Å². The number of amides is 1. The van der Waals surface area contributed by atoms with Crippen LogP contribution in [0, 0.1) is 5.82 Å². The van der Waals surface area contributed by atoms with E-state index in [9.17, 15) is 9.18 Å². The molecule has 2 heterocycles. The largest absolute Gasteiger partial charge is 0.379 e. The van der Waals surface area contributed by atoms with Gasteiger partial charge in [0.05, 0.1) is 18.6 Å². The molecule has 1 aromatic carbocycles. The quantitative estimate of drug-likeness (QED) is 0.852. The van der Waals surface area contributed by atoms with Gasteiger partial charge in [0.2, 0.25) is 5.91 Å². The Hall–Kier alpha value is -1.46. The highest BCUT2D eigenvalue weighted by Gasteiger charge is 2.44. The maximum atomic E-state index is 13.7. The first kappa shape index (κ1) is 14.5. The van der Waals surface area contributed by atoms with Crippen molar-refractivity contribution < 1.29 is 18.7 Å². The van der Waals surface area contributed by atoms with Gasteiger partial charge in [-0.15, -0.1) is 0 Å². The number of hydrogen-bond acceptors (Lipinski definition) is 3. The predicted molar refractivity (Wildman–Crippen MR) is 75.4 cm³/mol. The number of carbonyl (C=O) groups is 1. The van der Waals surface area contributed by atoms with E-state index in [1.807, 2.05) is 4.90 Å². The van der Waals surface area contributed by atoms with Crippen molar-refractivity contribution >= 4 is 5.91 Å². The van der Waals surface area contributed by atoms with Crippen molar-refractivity contribution in [3.63, 3.8) is 0 Å². The lowest BCUT2D eigenvalue weighted by molar-refractivity contribution is -0.142. The molecular weight excluding hydrogens is 273 g/mol. The van der Waals surface area contributed by atoms with Crippen molar-refractivity contribution in [3.8, 4) is 0 Å². The number of fused-ring (bicyclic) bond motifs is 1. The van der Waals surface area contributed by atoms with Crippen LogP contribution in [0.25, 0.3) is 0 Å². The monoisotopic (exact) mass is 293 g/mol. The first-order valence-corrected chi connectivity index (χ1v) is 7.38. The fourth-order valence-electron chi connectivity index (χ4n) is 3.35. The molecule has 21 heavy (non-hydrogen) atoms. The maximum Gasteiger partial charge on any atom is 0.227 e. The summed E-state index contributed by atoms with van der Waals surface area (Å²) < 4.78 is 24.9. The summed E-state index contributed by atoms with van der Waals surface area (Å²) in [7, 11) is 1.68. The van der Waals surface area contributed by atoms with Crippen LogP contribution >= 0.6 is 0 Å². The van der Waals surface area contributed by atoms with Gasteiger partial charge < -0.3 is 14.4 Å². The summed E-state index contributed by atoms with van der Waals surface area (Å²) in [5.41, 5.74) is 0.451. The normalized spacial score (nSPS) is 28.5. The zero-order valence-corrected chi connectivity index (χ0v) is 12.1. The number of halogens is 1. The molecule has 0 unspecified atom stereocenters. The van der Waals surface area contributed by atoms with Crippen molar-refractivity contribution in [1.29, 1.82) is 0 Å². The van der Waals surface area contributed by atoms with Gasteiger partial charge in [-0.3, -0.25) is 4.79 Å². The van der Waals surface area contributed by atoms with Crippen molar-refractivity contribution in [3.05, 3.63) is 35.6 Å². The van der Waals surface area contributed by atoms with E-state index in [2.05, 4.69) is 0 Å². The SMILES string of the molecule is CO[C@@H]1CCN(C(=O)Cc2ccccc2F)[C@H]2CCO[C@H]12. The average Bonchev–Trinajstić information content (AvgIpc) is 2.98. The Morgan fingerprint density at radius 1 is 1.43 bits per heavy atom. The second-order valence-corrected chi connectivity index (χ2v) is 5.61. The van der Waals surface area contributed by atoms with Gasteiger partial charge in [-0.05, 0) is 24.5 Å². The Bertz CT molecular complexity index is 522. The van der Waals surface area contributed by atoms with Crippen LogP contribution in [0.3, 0.4) is 0 Å². The molecule has 1 aromatic rings. The fourth-order valence-corrected chi connectivity index (χ4v) is 3.35. The van der Waals surface area contributed by atoms with Crippen LogP contribution in [0.4, 0.5) is 4.39 Å². The minimum absolute atomic E-state index is 0.0323. The summed E-state index contributed by atoms with van der Waals surface area (Å²) in [4.78, 5) is 14.4. The molecule has 2 aliphatic rings. The standard InChI is InChI=1S/C16H20FNO3/c1-20-14-6-8-18(13-7-9-21-16(13)14)15(19)10-11-4-2-3-5-12(11)17/h2-5,13-14,16H,6-10H2,1H3/t13-,14+,16-/m0/s1. The highest BCUT2D eigenvalue weighted by molar-refractivity contribution is 5.79. The number of methoxy groups -OCH3 is 1. The van der Waals surface area contributed by atoms with Crippen molar-refractivity contribution in [2.45, 2.75) is 37.5 Å². The molecule has 0 N–H and O–H groups in total. The van der Waals surface area contributed by atoms with Crippen molar-refractivity contribution in [2.24, 2.45) is 0 Å². The van der Waals surface area contributed by atoms with Gasteiger partial charge in [-0.25, -0.2) is 4.39 Å². The number of carbonyl (C=O) groups excluding carboxylic acids is 1.